The van der Waals surface area contributed by atoms with Crippen molar-refractivity contribution >= 4 is 22.8 Å². The molecule has 40 heavy (non-hydrogen) atoms. The fourth-order valence-corrected chi connectivity index (χ4v) is 6.22. The van der Waals surface area contributed by atoms with Gasteiger partial charge in [0.1, 0.15) is 6.33 Å². The van der Waals surface area contributed by atoms with Crippen LogP contribution < -0.4 is 5.56 Å². The van der Waals surface area contributed by atoms with E-state index in [1.54, 1.807) is 18.0 Å². The number of carbonyl (C=O) groups excluding carboxylic acids is 2. The van der Waals surface area contributed by atoms with Crippen LogP contribution >= 0.6 is 0 Å². The van der Waals surface area contributed by atoms with Crippen molar-refractivity contribution in [2.24, 2.45) is 5.92 Å². The standard InChI is InChI=1S/C31H33N5O4/c1-33-26(37)13-12-24(27(33)22-8-4-2-5-9-22)29(38)34-18-15-31(40,16-19-34)20-35-21-32-28-25(30(35)39)14-17-36(28)23-10-6-3-7-11-23/h2-11,14,17,21,24,27,40H,12-13,15-16,18-20H2,1H3/t24-,27+/m1/s1. The van der Waals surface area contributed by atoms with E-state index in [1.165, 1.54) is 10.9 Å². The predicted molar refractivity (Wildman–Crippen MR) is 151 cm³/mol. The number of aromatic nitrogens is 3. The van der Waals surface area contributed by atoms with Crippen LogP contribution in [0, 0.1) is 5.92 Å². The molecule has 2 amide bonds. The summed E-state index contributed by atoms with van der Waals surface area (Å²) < 4.78 is 3.35. The summed E-state index contributed by atoms with van der Waals surface area (Å²) in [6, 6.07) is 20.9. The van der Waals surface area contributed by atoms with Gasteiger partial charge in [0.25, 0.3) is 5.56 Å². The summed E-state index contributed by atoms with van der Waals surface area (Å²) in [7, 11) is 1.77. The molecule has 0 radical (unpaired) electrons. The molecular weight excluding hydrogens is 506 g/mol. The van der Waals surface area contributed by atoms with E-state index in [4.69, 9.17) is 0 Å². The zero-order valence-corrected chi connectivity index (χ0v) is 22.5. The number of benzene rings is 2. The molecular formula is C31H33N5O4. The van der Waals surface area contributed by atoms with Gasteiger partial charge < -0.3 is 19.5 Å². The summed E-state index contributed by atoms with van der Waals surface area (Å²) in [5.74, 6) is -0.280. The average molecular weight is 540 g/mol. The van der Waals surface area contributed by atoms with Gasteiger partial charge in [0.15, 0.2) is 5.65 Å². The summed E-state index contributed by atoms with van der Waals surface area (Å²) >= 11 is 0. The summed E-state index contributed by atoms with van der Waals surface area (Å²) in [4.78, 5) is 47.6. The van der Waals surface area contributed by atoms with Crippen molar-refractivity contribution in [3.05, 3.63) is 95.2 Å². The minimum Gasteiger partial charge on any atom is -0.388 e. The molecule has 9 nitrogen and oxygen atoms in total. The Hall–Kier alpha value is -4.24. The fourth-order valence-electron chi connectivity index (χ4n) is 6.22. The first-order valence-electron chi connectivity index (χ1n) is 13.8. The predicted octanol–water partition coefficient (Wildman–Crippen LogP) is 3.15. The SMILES string of the molecule is CN1C(=O)CC[C@@H](C(=O)N2CCC(O)(Cn3cnc4c(ccn4-c4ccccc4)c3=O)CC2)[C@@H]1c1ccccc1. The number of piperidine rings is 2. The van der Waals surface area contributed by atoms with Crippen LogP contribution in [0.15, 0.2) is 84.0 Å². The lowest BCUT2D eigenvalue weighted by molar-refractivity contribution is -0.149. The molecule has 2 atom stereocenters. The maximum atomic E-state index is 13.7. The lowest BCUT2D eigenvalue weighted by atomic mass is 9.82. The highest BCUT2D eigenvalue weighted by Crippen LogP contribution is 2.38. The molecule has 2 aliphatic heterocycles. The van der Waals surface area contributed by atoms with E-state index >= 15 is 0 Å². The number of aliphatic hydroxyl groups is 1. The van der Waals surface area contributed by atoms with Crippen LogP contribution in [0.25, 0.3) is 16.7 Å². The van der Waals surface area contributed by atoms with E-state index in [2.05, 4.69) is 4.98 Å². The van der Waals surface area contributed by atoms with Crippen LogP contribution in [0.5, 0.6) is 0 Å². The normalized spacial score (nSPS) is 21.1. The smallest absolute Gasteiger partial charge is 0.262 e. The van der Waals surface area contributed by atoms with Gasteiger partial charge in [0, 0.05) is 38.4 Å². The van der Waals surface area contributed by atoms with Crippen LogP contribution in [-0.4, -0.2) is 66.6 Å². The Morgan fingerprint density at radius 1 is 1.00 bits per heavy atom. The number of para-hydroxylation sites is 1. The van der Waals surface area contributed by atoms with Gasteiger partial charge in [-0.05, 0) is 43.0 Å². The molecule has 0 unspecified atom stereocenters. The van der Waals surface area contributed by atoms with Crippen molar-refractivity contribution in [1.29, 1.82) is 0 Å². The molecule has 0 bridgehead atoms. The topological polar surface area (TPSA) is 101 Å². The van der Waals surface area contributed by atoms with Crippen molar-refractivity contribution in [1.82, 2.24) is 23.9 Å². The highest BCUT2D eigenvalue weighted by molar-refractivity contribution is 5.85. The first kappa shape index (κ1) is 26.0. The van der Waals surface area contributed by atoms with Gasteiger partial charge in [-0.2, -0.15) is 0 Å². The number of amides is 2. The summed E-state index contributed by atoms with van der Waals surface area (Å²) in [5, 5.41) is 11.9. The number of rotatable bonds is 5. The number of nitrogens with zero attached hydrogens (tertiary/aromatic N) is 5. The lowest BCUT2D eigenvalue weighted by Gasteiger charge is -2.43. The number of fused-ring (bicyclic) bond motifs is 1. The van der Waals surface area contributed by atoms with E-state index in [0.717, 1.165) is 11.3 Å². The Morgan fingerprint density at radius 2 is 1.68 bits per heavy atom. The summed E-state index contributed by atoms with van der Waals surface area (Å²) in [6.07, 6.45) is 4.89. The van der Waals surface area contributed by atoms with Gasteiger partial charge in [-0.25, -0.2) is 4.98 Å². The molecule has 9 heteroatoms. The molecule has 6 rings (SSSR count). The quantitative estimate of drug-likeness (QED) is 0.420. The molecule has 2 saturated heterocycles. The molecule has 2 aromatic heterocycles. The minimum absolute atomic E-state index is 0.0118. The second-order valence-electron chi connectivity index (χ2n) is 11.0. The Balaban J connectivity index is 1.16. The highest BCUT2D eigenvalue weighted by Gasteiger charge is 2.43. The maximum absolute atomic E-state index is 13.7. The molecule has 0 saturated carbocycles. The Labute approximate surface area is 232 Å². The third-order valence-electron chi connectivity index (χ3n) is 8.49. The third-order valence-corrected chi connectivity index (χ3v) is 8.49. The summed E-state index contributed by atoms with van der Waals surface area (Å²) in [6.45, 7) is 0.889. The second kappa shape index (κ2) is 10.4. The van der Waals surface area contributed by atoms with Gasteiger partial charge in [-0.15, -0.1) is 0 Å². The zero-order valence-electron chi connectivity index (χ0n) is 22.5. The molecule has 2 aromatic carbocycles. The van der Waals surface area contributed by atoms with Crippen LogP contribution in [0.4, 0.5) is 0 Å². The third kappa shape index (κ3) is 4.70. The Bertz CT molecular complexity index is 1590. The van der Waals surface area contributed by atoms with Crippen molar-refractivity contribution < 1.29 is 14.7 Å². The molecule has 4 heterocycles. The minimum atomic E-state index is -1.13. The van der Waals surface area contributed by atoms with Crippen LogP contribution in [0.2, 0.25) is 0 Å². The van der Waals surface area contributed by atoms with E-state index in [9.17, 15) is 19.5 Å². The molecule has 206 valence electrons. The monoisotopic (exact) mass is 539 g/mol. The van der Waals surface area contributed by atoms with E-state index in [-0.39, 0.29) is 35.9 Å². The van der Waals surface area contributed by atoms with Gasteiger partial charge in [-0.3, -0.25) is 19.0 Å². The van der Waals surface area contributed by atoms with E-state index < -0.39 is 5.60 Å². The van der Waals surface area contributed by atoms with Crippen molar-refractivity contribution in [3.63, 3.8) is 0 Å². The average Bonchev–Trinajstić information content (AvgIpc) is 3.42. The molecule has 4 aromatic rings. The lowest BCUT2D eigenvalue weighted by Crippen LogP contribution is -2.53. The Kier molecular flexibility index (Phi) is 6.75. The number of likely N-dealkylation sites (tertiary alicyclic amines) is 2. The van der Waals surface area contributed by atoms with Gasteiger partial charge in [0.05, 0.1) is 29.5 Å². The van der Waals surface area contributed by atoms with Crippen molar-refractivity contribution in [2.75, 3.05) is 20.1 Å². The highest BCUT2D eigenvalue weighted by atomic mass is 16.3. The van der Waals surface area contributed by atoms with Crippen molar-refractivity contribution in [3.8, 4) is 5.69 Å². The van der Waals surface area contributed by atoms with E-state index in [0.29, 0.717) is 49.8 Å². The Morgan fingerprint density at radius 3 is 2.38 bits per heavy atom. The van der Waals surface area contributed by atoms with Crippen LogP contribution in [0.1, 0.15) is 37.3 Å². The maximum Gasteiger partial charge on any atom is 0.262 e. The first-order valence-corrected chi connectivity index (χ1v) is 13.8. The molecule has 2 aliphatic rings. The summed E-state index contributed by atoms with van der Waals surface area (Å²) in [5.41, 5.74) is 1.11. The number of hydrogen-bond donors (Lipinski definition) is 1. The van der Waals surface area contributed by atoms with Gasteiger partial charge in [-0.1, -0.05) is 48.5 Å². The molecule has 2 fully saturated rings. The largest absolute Gasteiger partial charge is 0.388 e. The van der Waals surface area contributed by atoms with Gasteiger partial charge >= 0.3 is 0 Å². The van der Waals surface area contributed by atoms with E-state index in [1.807, 2.05) is 76.3 Å². The van der Waals surface area contributed by atoms with Gasteiger partial charge in [0.2, 0.25) is 11.8 Å². The molecule has 0 spiro atoms. The fraction of sp³-hybridized carbons (Fsp3) is 0.355. The molecule has 1 N–H and O–H groups in total. The number of hydrogen-bond acceptors (Lipinski definition) is 5. The number of carbonyl (C=O) groups is 2. The second-order valence-corrected chi connectivity index (χ2v) is 11.0. The first-order chi connectivity index (χ1) is 19.3. The van der Waals surface area contributed by atoms with Crippen molar-refractivity contribution in [2.45, 2.75) is 43.9 Å². The molecule has 0 aliphatic carbocycles. The zero-order chi connectivity index (χ0) is 27.9. The van der Waals surface area contributed by atoms with Crippen LogP contribution in [0.3, 0.4) is 0 Å². The van der Waals surface area contributed by atoms with Crippen LogP contribution in [-0.2, 0) is 16.1 Å².